The highest BCUT2D eigenvalue weighted by molar-refractivity contribution is 5.99. The van der Waals surface area contributed by atoms with Gasteiger partial charge >= 0.3 is 0 Å². The van der Waals surface area contributed by atoms with Crippen molar-refractivity contribution in [3.8, 4) is 28.3 Å². The molecule has 1 atom stereocenters. The number of benzene rings is 2. The molecule has 2 amide bonds. The molecule has 5 rings (SSSR count). The highest BCUT2D eigenvalue weighted by Crippen LogP contribution is 2.35. The summed E-state index contributed by atoms with van der Waals surface area (Å²) in [5.74, 6) is 1.50. The van der Waals surface area contributed by atoms with Gasteiger partial charge in [0.05, 0.1) is 25.8 Å². The second-order valence-electron chi connectivity index (χ2n) is 9.52. The van der Waals surface area contributed by atoms with E-state index in [1.54, 1.807) is 23.8 Å². The lowest BCUT2D eigenvalue weighted by Gasteiger charge is -2.31. The van der Waals surface area contributed by atoms with Crippen LogP contribution >= 0.6 is 0 Å². The monoisotopic (exact) mass is 488 g/mol. The molecule has 1 aromatic heterocycles. The fourth-order valence-electron chi connectivity index (χ4n) is 4.70. The summed E-state index contributed by atoms with van der Waals surface area (Å²) in [6.45, 7) is 1.75. The summed E-state index contributed by atoms with van der Waals surface area (Å²) < 4.78 is 12.6. The summed E-state index contributed by atoms with van der Waals surface area (Å²) in [7, 11) is 3.18. The molecular formula is C28H32N4O4. The molecule has 0 unspecified atom stereocenters. The summed E-state index contributed by atoms with van der Waals surface area (Å²) in [6.07, 6.45) is 5.84. The first kappa shape index (κ1) is 23.9. The summed E-state index contributed by atoms with van der Waals surface area (Å²) in [5, 5.41) is 7.80. The van der Waals surface area contributed by atoms with E-state index in [1.165, 1.54) is 12.8 Å². The van der Waals surface area contributed by atoms with Crippen LogP contribution in [0.1, 0.15) is 36.2 Å². The predicted octanol–water partition coefficient (Wildman–Crippen LogP) is 3.93. The zero-order chi connectivity index (χ0) is 25.1. The van der Waals surface area contributed by atoms with Crippen LogP contribution in [0.15, 0.2) is 54.7 Å². The smallest absolute Gasteiger partial charge is 0.275 e. The number of nitrogens with one attached hydrogen (secondary N) is 1. The molecule has 2 fully saturated rings. The van der Waals surface area contributed by atoms with Crippen molar-refractivity contribution < 1.29 is 19.1 Å². The minimum atomic E-state index is -0.192. The van der Waals surface area contributed by atoms with Gasteiger partial charge in [-0.2, -0.15) is 5.10 Å². The zero-order valence-electron chi connectivity index (χ0n) is 20.8. The van der Waals surface area contributed by atoms with Gasteiger partial charge in [-0.15, -0.1) is 0 Å². The molecule has 2 aliphatic rings. The maximum absolute atomic E-state index is 13.8. The Morgan fingerprint density at radius 3 is 2.53 bits per heavy atom. The number of methoxy groups -OCH3 is 2. The lowest BCUT2D eigenvalue weighted by Crippen LogP contribution is -2.46. The number of para-hydroxylation sites is 1. The molecule has 1 N–H and O–H groups in total. The van der Waals surface area contributed by atoms with Gasteiger partial charge in [0.1, 0.15) is 0 Å². The van der Waals surface area contributed by atoms with Crippen LogP contribution in [0.2, 0.25) is 0 Å². The third-order valence-electron chi connectivity index (χ3n) is 6.97. The Morgan fingerprint density at radius 2 is 1.81 bits per heavy atom. The van der Waals surface area contributed by atoms with Crippen molar-refractivity contribution in [2.45, 2.75) is 25.7 Å². The highest BCUT2D eigenvalue weighted by Gasteiger charge is 2.32. The van der Waals surface area contributed by atoms with E-state index in [4.69, 9.17) is 14.6 Å². The van der Waals surface area contributed by atoms with E-state index in [9.17, 15) is 9.59 Å². The van der Waals surface area contributed by atoms with Gasteiger partial charge in [0.15, 0.2) is 17.2 Å². The quantitative estimate of drug-likeness (QED) is 0.519. The number of carbonyl (C=O) groups is 2. The Morgan fingerprint density at radius 1 is 1.03 bits per heavy atom. The van der Waals surface area contributed by atoms with Gasteiger partial charge in [-0.05, 0) is 61.4 Å². The van der Waals surface area contributed by atoms with Crippen LogP contribution in [0.5, 0.6) is 11.5 Å². The molecule has 8 heteroatoms. The number of nitrogens with zero attached hydrogens (tertiary/aromatic N) is 3. The number of hydrogen-bond acceptors (Lipinski definition) is 5. The van der Waals surface area contributed by atoms with Crippen LogP contribution in [0.3, 0.4) is 0 Å². The van der Waals surface area contributed by atoms with Crippen molar-refractivity contribution in [1.82, 2.24) is 20.0 Å². The Balaban J connectivity index is 1.45. The van der Waals surface area contributed by atoms with E-state index in [0.717, 1.165) is 30.6 Å². The van der Waals surface area contributed by atoms with Gasteiger partial charge in [-0.1, -0.05) is 24.3 Å². The first-order valence-electron chi connectivity index (χ1n) is 12.5. The minimum Gasteiger partial charge on any atom is -0.493 e. The van der Waals surface area contributed by atoms with E-state index in [2.05, 4.69) is 5.32 Å². The van der Waals surface area contributed by atoms with Gasteiger partial charge in [0.2, 0.25) is 5.91 Å². The number of aromatic nitrogens is 2. The summed E-state index contributed by atoms with van der Waals surface area (Å²) in [6, 6.07) is 15.3. The lowest BCUT2D eigenvalue weighted by molar-refractivity contribution is -0.126. The SMILES string of the molecule is COc1ccc(-c2cn(-c3ccccc3)nc2C(=O)N2CCC[C@H](C(=O)NCC3CC3)C2)cc1OC. The number of rotatable bonds is 8. The van der Waals surface area contributed by atoms with Crippen molar-refractivity contribution in [2.24, 2.45) is 11.8 Å². The molecule has 36 heavy (non-hydrogen) atoms. The molecule has 188 valence electrons. The van der Waals surface area contributed by atoms with E-state index < -0.39 is 0 Å². The van der Waals surface area contributed by atoms with Gasteiger partial charge in [0, 0.05) is 31.4 Å². The third-order valence-corrected chi connectivity index (χ3v) is 6.97. The topological polar surface area (TPSA) is 85.7 Å². The maximum Gasteiger partial charge on any atom is 0.275 e. The van der Waals surface area contributed by atoms with Crippen molar-refractivity contribution >= 4 is 11.8 Å². The summed E-state index contributed by atoms with van der Waals surface area (Å²) in [5.41, 5.74) is 2.71. The standard InChI is InChI=1S/C28H32N4O4/c1-35-24-13-12-20(15-25(24)36-2)23-18-32(22-8-4-3-5-9-22)30-26(23)28(34)31-14-6-7-21(17-31)27(33)29-16-19-10-11-19/h3-5,8-9,12-13,15,18-19,21H,6-7,10-11,14,16-17H2,1-2H3,(H,29,33)/t21-/m0/s1. The molecular weight excluding hydrogens is 456 g/mol. The minimum absolute atomic E-state index is 0.0503. The molecule has 1 saturated carbocycles. The van der Waals surface area contributed by atoms with Crippen LogP contribution in [-0.4, -0.2) is 60.3 Å². The molecule has 3 aromatic rings. The second kappa shape index (κ2) is 10.4. The molecule has 0 spiro atoms. The van der Waals surface area contributed by atoms with Crippen LogP contribution < -0.4 is 14.8 Å². The van der Waals surface area contributed by atoms with Crippen molar-refractivity contribution in [1.29, 1.82) is 0 Å². The van der Waals surface area contributed by atoms with E-state index in [0.29, 0.717) is 41.8 Å². The van der Waals surface area contributed by atoms with Crippen LogP contribution in [0.4, 0.5) is 0 Å². The molecule has 0 radical (unpaired) electrons. The van der Waals surface area contributed by atoms with Gasteiger partial charge in [-0.3, -0.25) is 9.59 Å². The van der Waals surface area contributed by atoms with Gasteiger partial charge < -0.3 is 19.7 Å². The number of piperidine rings is 1. The summed E-state index contributed by atoms with van der Waals surface area (Å²) >= 11 is 0. The molecule has 1 aliphatic heterocycles. The number of likely N-dealkylation sites (tertiary alicyclic amines) is 1. The Labute approximate surface area is 211 Å². The molecule has 2 heterocycles. The largest absolute Gasteiger partial charge is 0.493 e. The normalized spacial score (nSPS) is 17.5. The van der Waals surface area contributed by atoms with Crippen LogP contribution in [0, 0.1) is 11.8 Å². The average Bonchev–Trinajstić information content (AvgIpc) is 3.67. The lowest BCUT2D eigenvalue weighted by atomic mass is 9.96. The fourth-order valence-corrected chi connectivity index (χ4v) is 4.70. The van der Waals surface area contributed by atoms with Crippen molar-refractivity contribution in [2.75, 3.05) is 33.9 Å². The van der Waals surface area contributed by atoms with Crippen LogP contribution in [0.25, 0.3) is 16.8 Å². The first-order valence-corrected chi connectivity index (χ1v) is 12.5. The maximum atomic E-state index is 13.8. The predicted molar refractivity (Wildman–Crippen MR) is 136 cm³/mol. The average molecular weight is 489 g/mol. The fraction of sp³-hybridized carbons (Fsp3) is 0.393. The Kier molecular flexibility index (Phi) is 6.93. The first-order chi connectivity index (χ1) is 17.6. The van der Waals surface area contributed by atoms with Crippen molar-refractivity contribution in [3.05, 3.63) is 60.4 Å². The van der Waals surface area contributed by atoms with E-state index in [1.807, 2.05) is 54.7 Å². The van der Waals surface area contributed by atoms with Crippen molar-refractivity contribution in [3.63, 3.8) is 0 Å². The molecule has 0 bridgehead atoms. The van der Waals surface area contributed by atoms with E-state index in [-0.39, 0.29) is 17.7 Å². The van der Waals surface area contributed by atoms with E-state index >= 15 is 0 Å². The highest BCUT2D eigenvalue weighted by atomic mass is 16.5. The van der Waals surface area contributed by atoms with Gasteiger partial charge in [-0.25, -0.2) is 4.68 Å². The van der Waals surface area contributed by atoms with Gasteiger partial charge in [0.25, 0.3) is 5.91 Å². The molecule has 1 saturated heterocycles. The Hall–Kier alpha value is -3.81. The molecule has 1 aliphatic carbocycles. The zero-order valence-corrected chi connectivity index (χ0v) is 20.8. The number of carbonyl (C=O) groups excluding carboxylic acids is 2. The second-order valence-corrected chi connectivity index (χ2v) is 9.52. The Bertz CT molecular complexity index is 1240. The van der Waals surface area contributed by atoms with Crippen LogP contribution in [-0.2, 0) is 4.79 Å². The number of amides is 2. The third kappa shape index (κ3) is 5.08. The number of hydrogen-bond donors (Lipinski definition) is 1. The summed E-state index contributed by atoms with van der Waals surface area (Å²) in [4.78, 5) is 28.3. The molecule has 8 nitrogen and oxygen atoms in total. The molecule has 2 aromatic carbocycles. The number of ether oxygens (including phenoxy) is 2.